The van der Waals surface area contributed by atoms with Gasteiger partial charge in [-0.3, -0.25) is 0 Å². The number of nitrogens with zero attached hydrogens (tertiary/aromatic N) is 1. The third-order valence-corrected chi connectivity index (χ3v) is 4.88. The molecular weight excluding hydrogens is 286 g/mol. The lowest BCUT2D eigenvalue weighted by atomic mass is 9.88. The third kappa shape index (κ3) is 3.18. The number of hydrogen-bond acceptors (Lipinski definition) is 3. The van der Waals surface area contributed by atoms with E-state index in [9.17, 15) is 0 Å². The van der Waals surface area contributed by atoms with Crippen LogP contribution in [0.5, 0.6) is 0 Å². The molecule has 2 heterocycles. The summed E-state index contributed by atoms with van der Waals surface area (Å²) >= 11 is 0. The molecule has 2 aliphatic rings. The molecule has 3 atom stereocenters. The van der Waals surface area contributed by atoms with Crippen molar-refractivity contribution < 1.29 is 9.47 Å². The molecule has 0 aliphatic carbocycles. The summed E-state index contributed by atoms with van der Waals surface area (Å²) in [6.07, 6.45) is 1.23. The minimum Gasteiger partial charge on any atom is -0.345 e. The van der Waals surface area contributed by atoms with Crippen LogP contribution in [0, 0.1) is 0 Å². The van der Waals surface area contributed by atoms with Gasteiger partial charge in [0, 0.05) is 25.4 Å². The van der Waals surface area contributed by atoms with Crippen molar-refractivity contribution in [3.05, 3.63) is 71.8 Å². The fraction of sp³-hybridized carbons (Fsp3) is 0.400. The van der Waals surface area contributed by atoms with Crippen molar-refractivity contribution in [2.24, 2.45) is 0 Å². The van der Waals surface area contributed by atoms with Crippen molar-refractivity contribution >= 4 is 0 Å². The van der Waals surface area contributed by atoms with Gasteiger partial charge in [0.15, 0.2) is 6.29 Å². The first kappa shape index (κ1) is 14.9. The monoisotopic (exact) mass is 309 g/mol. The molecule has 4 rings (SSSR count). The van der Waals surface area contributed by atoms with Crippen LogP contribution in [-0.2, 0) is 9.47 Å². The van der Waals surface area contributed by atoms with Crippen LogP contribution in [0.25, 0.3) is 0 Å². The van der Waals surface area contributed by atoms with Crippen LogP contribution >= 0.6 is 0 Å². The Kier molecular flexibility index (Phi) is 4.17. The van der Waals surface area contributed by atoms with Gasteiger partial charge < -0.3 is 14.4 Å². The molecule has 23 heavy (non-hydrogen) atoms. The molecule has 3 nitrogen and oxygen atoms in total. The first-order valence-corrected chi connectivity index (χ1v) is 8.39. The second-order valence-corrected chi connectivity index (χ2v) is 6.61. The zero-order valence-corrected chi connectivity index (χ0v) is 13.5. The Morgan fingerprint density at radius 2 is 1.35 bits per heavy atom. The van der Waals surface area contributed by atoms with Crippen LogP contribution in [-0.4, -0.2) is 43.5 Å². The van der Waals surface area contributed by atoms with Crippen molar-refractivity contribution in [2.75, 3.05) is 20.1 Å². The van der Waals surface area contributed by atoms with E-state index in [1.165, 1.54) is 11.1 Å². The quantitative estimate of drug-likeness (QED) is 0.865. The average Bonchev–Trinajstić information content (AvgIpc) is 3.11. The zero-order valence-electron chi connectivity index (χ0n) is 13.5. The van der Waals surface area contributed by atoms with E-state index < -0.39 is 0 Å². The maximum atomic E-state index is 6.17. The van der Waals surface area contributed by atoms with Gasteiger partial charge in [0.2, 0.25) is 0 Å². The molecule has 3 heteroatoms. The molecule has 2 aliphatic heterocycles. The molecule has 2 fully saturated rings. The number of benzene rings is 2. The molecule has 0 spiro atoms. The normalized spacial score (nSPS) is 27.5. The van der Waals surface area contributed by atoms with E-state index in [1.807, 2.05) is 0 Å². The van der Waals surface area contributed by atoms with Crippen molar-refractivity contribution in [2.45, 2.75) is 30.8 Å². The second kappa shape index (κ2) is 6.44. The Morgan fingerprint density at radius 3 is 1.83 bits per heavy atom. The fourth-order valence-corrected chi connectivity index (χ4v) is 3.75. The van der Waals surface area contributed by atoms with Gasteiger partial charge in [-0.25, -0.2) is 0 Å². The highest BCUT2D eigenvalue weighted by Gasteiger charge is 2.42. The summed E-state index contributed by atoms with van der Waals surface area (Å²) < 4.78 is 12.3. The Labute approximate surface area is 137 Å². The van der Waals surface area contributed by atoms with Crippen molar-refractivity contribution in [3.8, 4) is 0 Å². The first-order chi connectivity index (χ1) is 11.3. The summed E-state index contributed by atoms with van der Waals surface area (Å²) in [7, 11) is 2.12. The third-order valence-electron chi connectivity index (χ3n) is 4.88. The predicted octanol–water partition coefficient (Wildman–Crippen LogP) is 3.26. The molecule has 0 bridgehead atoms. The van der Waals surface area contributed by atoms with Gasteiger partial charge in [0.1, 0.15) is 12.2 Å². The number of fused-ring (bicyclic) bond motifs is 1. The molecular formula is C20H23NO2. The van der Waals surface area contributed by atoms with Crippen LogP contribution in [0.1, 0.15) is 23.5 Å². The molecule has 2 saturated heterocycles. The minimum absolute atomic E-state index is 0.107. The van der Waals surface area contributed by atoms with E-state index >= 15 is 0 Å². The number of rotatable bonds is 4. The largest absolute Gasteiger partial charge is 0.345 e. The van der Waals surface area contributed by atoms with Gasteiger partial charge in [0.25, 0.3) is 0 Å². The Bertz CT molecular complexity index is 577. The van der Waals surface area contributed by atoms with Gasteiger partial charge >= 0.3 is 0 Å². The molecule has 0 N–H and O–H groups in total. The lowest BCUT2D eigenvalue weighted by molar-refractivity contribution is -0.0837. The molecule has 0 aromatic heterocycles. The average molecular weight is 309 g/mol. The SMILES string of the molecule is CN1C[C@@H]2OC(CC(c3ccccc3)c3ccccc3)O[C@@H]2C1. The summed E-state index contributed by atoms with van der Waals surface area (Å²) in [6.45, 7) is 1.95. The highest BCUT2D eigenvalue weighted by Crippen LogP contribution is 2.35. The topological polar surface area (TPSA) is 21.7 Å². The molecule has 2 aromatic carbocycles. The van der Waals surface area contributed by atoms with E-state index in [0.29, 0.717) is 5.92 Å². The van der Waals surface area contributed by atoms with Gasteiger partial charge in [-0.2, -0.15) is 0 Å². The van der Waals surface area contributed by atoms with Crippen LogP contribution in [0.2, 0.25) is 0 Å². The van der Waals surface area contributed by atoms with Gasteiger partial charge in [0.05, 0.1) is 0 Å². The number of likely N-dealkylation sites (N-methyl/N-ethyl adjacent to an activating group) is 1. The smallest absolute Gasteiger partial charge is 0.159 e. The van der Waals surface area contributed by atoms with E-state index in [1.54, 1.807) is 0 Å². The highest BCUT2D eigenvalue weighted by atomic mass is 16.7. The maximum absolute atomic E-state index is 6.17. The molecule has 1 unspecified atom stereocenters. The van der Waals surface area contributed by atoms with Crippen LogP contribution in [0.4, 0.5) is 0 Å². The zero-order chi connectivity index (χ0) is 15.6. The Morgan fingerprint density at radius 1 is 0.870 bits per heavy atom. The van der Waals surface area contributed by atoms with Gasteiger partial charge in [-0.1, -0.05) is 60.7 Å². The standard InChI is InChI=1S/C20H23NO2/c1-21-13-18-19(14-21)23-20(22-18)12-17(15-8-4-2-5-9-15)16-10-6-3-7-11-16/h2-11,17-20H,12-14H2,1H3/t18-,19+,20?. The molecule has 0 saturated carbocycles. The second-order valence-electron chi connectivity index (χ2n) is 6.61. The van der Waals surface area contributed by atoms with Gasteiger partial charge in [-0.05, 0) is 18.2 Å². The first-order valence-electron chi connectivity index (χ1n) is 8.39. The van der Waals surface area contributed by atoms with Crippen molar-refractivity contribution in [3.63, 3.8) is 0 Å². The summed E-state index contributed by atoms with van der Waals surface area (Å²) in [5.74, 6) is 0.305. The summed E-state index contributed by atoms with van der Waals surface area (Å²) in [4.78, 5) is 2.28. The van der Waals surface area contributed by atoms with E-state index in [-0.39, 0.29) is 18.5 Å². The van der Waals surface area contributed by atoms with Crippen LogP contribution < -0.4 is 0 Å². The lowest BCUT2D eigenvalue weighted by Gasteiger charge is -2.22. The van der Waals surface area contributed by atoms with Crippen molar-refractivity contribution in [1.29, 1.82) is 0 Å². The summed E-state index contributed by atoms with van der Waals surface area (Å²) in [5.41, 5.74) is 2.64. The molecule has 2 aromatic rings. The maximum Gasteiger partial charge on any atom is 0.159 e. The Hall–Kier alpha value is -1.68. The van der Waals surface area contributed by atoms with Crippen LogP contribution in [0.15, 0.2) is 60.7 Å². The van der Waals surface area contributed by atoms with E-state index in [4.69, 9.17) is 9.47 Å². The van der Waals surface area contributed by atoms with Crippen LogP contribution in [0.3, 0.4) is 0 Å². The molecule has 0 radical (unpaired) electrons. The number of ether oxygens (including phenoxy) is 2. The number of likely N-dealkylation sites (tertiary alicyclic amines) is 1. The lowest BCUT2D eigenvalue weighted by Crippen LogP contribution is -2.23. The Balaban J connectivity index is 1.53. The summed E-state index contributed by atoms with van der Waals surface area (Å²) in [5, 5.41) is 0. The van der Waals surface area contributed by atoms with E-state index in [2.05, 4.69) is 72.6 Å². The fourth-order valence-electron chi connectivity index (χ4n) is 3.75. The highest BCUT2D eigenvalue weighted by molar-refractivity contribution is 5.32. The summed E-state index contributed by atoms with van der Waals surface area (Å²) in [6, 6.07) is 21.3. The van der Waals surface area contributed by atoms with Crippen molar-refractivity contribution in [1.82, 2.24) is 4.90 Å². The minimum atomic E-state index is -0.107. The molecule has 120 valence electrons. The van der Waals surface area contributed by atoms with Gasteiger partial charge in [-0.15, -0.1) is 0 Å². The predicted molar refractivity (Wildman–Crippen MR) is 90.4 cm³/mol. The molecule has 0 amide bonds. The number of hydrogen-bond donors (Lipinski definition) is 0. The van der Waals surface area contributed by atoms with E-state index in [0.717, 1.165) is 19.5 Å².